The first-order valence-corrected chi connectivity index (χ1v) is 15.8. The number of esters is 2. The van der Waals surface area contributed by atoms with Crippen LogP contribution in [0.3, 0.4) is 0 Å². The van der Waals surface area contributed by atoms with Gasteiger partial charge in [0.05, 0.1) is 34.5 Å². The summed E-state index contributed by atoms with van der Waals surface area (Å²) in [5.74, 6) is 0.830. The minimum Gasteiger partial charge on any atom is -0.493 e. The van der Waals surface area contributed by atoms with Crippen LogP contribution in [0.15, 0.2) is 84.9 Å². The molecule has 0 amide bonds. The lowest BCUT2D eigenvalue weighted by Crippen LogP contribution is -2.21. The van der Waals surface area contributed by atoms with Crippen molar-refractivity contribution in [1.29, 1.82) is 0 Å². The molecule has 3 aromatic carbocycles. The first-order chi connectivity index (χ1) is 22.4. The molecule has 0 aliphatic carbocycles. The second-order valence-corrected chi connectivity index (χ2v) is 10.8. The van der Waals surface area contributed by atoms with E-state index in [1.807, 2.05) is 60.7 Å². The standard InChI is InChI=1S/C38H47NO7/c1-39(23-13-7-15-25-45-36(40)22-21-30-27-34(42-2)38(44-4)35(28-30)43-3)24-14-8-16-26-46-37(41)29-33(31-17-9-5-10-18-31)32-19-11-6-12-20-32/h5-6,9-12,17-22,27-29H,7-8,13-16,23-26H2,1-4H3/b22-21+. The molecule has 0 atom stereocenters. The highest BCUT2D eigenvalue weighted by Gasteiger charge is 2.12. The summed E-state index contributed by atoms with van der Waals surface area (Å²) in [7, 11) is 6.76. The van der Waals surface area contributed by atoms with Gasteiger partial charge in [-0.3, -0.25) is 0 Å². The quantitative estimate of drug-likeness (QED) is 0.0736. The van der Waals surface area contributed by atoms with Gasteiger partial charge < -0.3 is 28.6 Å². The molecule has 8 heteroatoms. The number of ether oxygens (including phenoxy) is 5. The smallest absolute Gasteiger partial charge is 0.331 e. The predicted molar refractivity (Wildman–Crippen MR) is 182 cm³/mol. The van der Waals surface area contributed by atoms with Crippen LogP contribution in [0.25, 0.3) is 11.6 Å². The van der Waals surface area contributed by atoms with Crippen molar-refractivity contribution in [2.24, 2.45) is 0 Å². The Morgan fingerprint density at radius 1 is 0.652 bits per heavy atom. The van der Waals surface area contributed by atoms with Crippen molar-refractivity contribution in [3.05, 3.63) is 102 Å². The summed E-state index contributed by atoms with van der Waals surface area (Å²) in [4.78, 5) is 27.0. The zero-order chi connectivity index (χ0) is 33.0. The van der Waals surface area contributed by atoms with E-state index in [0.717, 1.165) is 73.9 Å². The molecular weight excluding hydrogens is 582 g/mol. The third-order valence-electron chi connectivity index (χ3n) is 7.39. The average molecular weight is 630 g/mol. The van der Waals surface area contributed by atoms with Gasteiger partial charge in [0.1, 0.15) is 0 Å². The number of carbonyl (C=O) groups excluding carboxylic acids is 2. The average Bonchev–Trinajstić information content (AvgIpc) is 3.09. The van der Waals surface area contributed by atoms with E-state index in [0.29, 0.717) is 30.5 Å². The second kappa shape index (κ2) is 20.5. The zero-order valence-electron chi connectivity index (χ0n) is 27.5. The topological polar surface area (TPSA) is 83.5 Å². The van der Waals surface area contributed by atoms with Crippen LogP contribution in [0.2, 0.25) is 0 Å². The summed E-state index contributed by atoms with van der Waals surface area (Å²) in [5.41, 5.74) is 3.56. The SMILES string of the molecule is COc1cc(/C=C/C(=O)OCCCCCN(C)CCCCCOC(=O)C=C(c2ccccc2)c2ccccc2)cc(OC)c1OC. The molecule has 0 bridgehead atoms. The van der Waals surface area contributed by atoms with Crippen molar-refractivity contribution < 1.29 is 33.3 Å². The minimum absolute atomic E-state index is 0.319. The zero-order valence-corrected chi connectivity index (χ0v) is 27.5. The van der Waals surface area contributed by atoms with E-state index in [4.69, 9.17) is 23.7 Å². The highest BCUT2D eigenvalue weighted by atomic mass is 16.5. The Balaban J connectivity index is 1.25. The fraction of sp³-hybridized carbons (Fsp3) is 0.368. The van der Waals surface area contributed by atoms with Gasteiger partial charge in [-0.25, -0.2) is 9.59 Å². The summed E-state index contributed by atoms with van der Waals surface area (Å²) in [6.45, 7) is 2.76. The van der Waals surface area contributed by atoms with Gasteiger partial charge in [-0.05, 0) is 99.1 Å². The van der Waals surface area contributed by atoms with Crippen LogP contribution in [0, 0.1) is 0 Å². The molecule has 3 aromatic rings. The van der Waals surface area contributed by atoms with Crippen LogP contribution in [-0.4, -0.2) is 71.5 Å². The monoisotopic (exact) mass is 629 g/mol. The van der Waals surface area contributed by atoms with E-state index in [1.165, 1.54) is 6.08 Å². The largest absolute Gasteiger partial charge is 0.493 e. The van der Waals surface area contributed by atoms with E-state index in [9.17, 15) is 9.59 Å². The molecule has 0 aliphatic rings. The molecule has 0 saturated heterocycles. The normalized spacial score (nSPS) is 10.9. The Morgan fingerprint density at radius 2 is 1.15 bits per heavy atom. The Hall–Kier alpha value is -4.56. The number of unbranched alkanes of at least 4 members (excludes halogenated alkanes) is 4. The summed E-state index contributed by atoms with van der Waals surface area (Å²) in [6, 6.07) is 23.3. The number of hydrogen-bond donors (Lipinski definition) is 0. The van der Waals surface area contributed by atoms with E-state index >= 15 is 0 Å². The number of rotatable bonds is 20. The minimum atomic E-state index is -0.389. The van der Waals surface area contributed by atoms with Crippen LogP contribution in [0.5, 0.6) is 17.2 Å². The molecule has 0 unspecified atom stereocenters. The molecule has 0 aromatic heterocycles. The lowest BCUT2D eigenvalue weighted by Gasteiger charge is -2.16. The van der Waals surface area contributed by atoms with Crippen molar-refractivity contribution in [2.75, 3.05) is 54.7 Å². The van der Waals surface area contributed by atoms with Gasteiger partial charge in [0.15, 0.2) is 11.5 Å². The Morgan fingerprint density at radius 3 is 1.63 bits per heavy atom. The van der Waals surface area contributed by atoms with Crippen LogP contribution in [0.1, 0.15) is 55.2 Å². The highest BCUT2D eigenvalue weighted by molar-refractivity contribution is 5.96. The van der Waals surface area contributed by atoms with Crippen molar-refractivity contribution in [2.45, 2.75) is 38.5 Å². The molecule has 0 fully saturated rings. The lowest BCUT2D eigenvalue weighted by atomic mass is 9.98. The first kappa shape index (κ1) is 35.9. The van der Waals surface area contributed by atoms with Gasteiger partial charge >= 0.3 is 11.9 Å². The molecule has 0 N–H and O–H groups in total. The Bertz CT molecular complexity index is 1340. The maximum atomic E-state index is 12.6. The third kappa shape index (κ3) is 12.4. The summed E-state index contributed by atoms with van der Waals surface area (Å²) < 4.78 is 26.9. The Labute approximate surface area is 273 Å². The second-order valence-electron chi connectivity index (χ2n) is 10.8. The van der Waals surface area contributed by atoms with Gasteiger partial charge in [0.25, 0.3) is 0 Å². The summed E-state index contributed by atoms with van der Waals surface area (Å²) in [6.07, 6.45) is 10.3. The maximum absolute atomic E-state index is 12.6. The fourth-order valence-electron chi connectivity index (χ4n) is 4.92. The predicted octanol–water partition coefficient (Wildman–Crippen LogP) is 7.22. The number of methoxy groups -OCH3 is 3. The van der Waals surface area contributed by atoms with E-state index < -0.39 is 0 Å². The van der Waals surface area contributed by atoms with Crippen molar-refractivity contribution in [3.63, 3.8) is 0 Å². The molecule has 0 spiro atoms. The van der Waals surface area contributed by atoms with Crippen molar-refractivity contribution in [3.8, 4) is 17.2 Å². The first-order valence-electron chi connectivity index (χ1n) is 15.8. The van der Waals surface area contributed by atoms with Crippen LogP contribution in [0.4, 0.5) is 0 Å². The van der Waals surface area contributed by atoms with Gasteiger partial charge in [0, 0.05) is 12.2 Å². The molecule has 0 aliphatic heterocycles. The van der Waals surface area contributed by atoms with Gasteiger partial charge in [-0.2, -0.15) is 0 Å². The molecule has 3 rings (SSSR count). The van der Waals surface area contributed by atoms with E-state index in [1.54, 1.807) is 45.6 Å². The van der Waals surface area contributed by atoms with Crippen LogP contribution in [-0.2, 0) is 19.1 Å². The van der Waals surface area contributed by atoms with Gasteiger partial charge in [-0.15, -0.1) is 0 Å². The molecule has 46 heavy (non-hydrogen) atoms. The number of carbonyl (C=O) groups is 2. The van der Waals surface area contributed by atoms with Gasteiger partial charge in [-0.1, -0.05) is 60.7 Å². The molecule has 0 heterocycles. The van der Waals surface area contributed by atoms with Crippen LogP contribution >= 0.6 is 0 Å². The van der Waals surface area contributed by atoms with Crippen LogP contribution < -0.4 is 14.2 Å². The van der Waals surface area contributed by atoms with Crippen molar-refractivity contribution >= 4 is 23.6 Å². The number of hydrogen-bond acceptors (Lipinski definition) is 8. The third-order valence-corrected chi connectivity index (χ3v) is 7.39. The molecule has 0 saturated carbocycles. The highest BCUT2D eigenvalue weighted by Crippen LogP contribution is 2.38. The van der Waals surface area contributed by atoms with E-state index in [-0.39, 0.29) is 11.9 Å². The summed E-state index contributed by atoms with van der Waals surface area (Å²) in [5, 5.41) is 0. The fourth-order valence-corrected chi connectivity index (χ4v) is 4.92. The van der Waals surface area contributed by atoms with Crippen molar-refractivity contribution in [1.82, 2.24) is 4.90 Å². The van der Waals surface area contributed by atoms with E-state index in [2.05, 4.69) is 11.9 Å². The number of benzene rings is 3. The Kier molecular flexibility index (Phi) is 16.0. The summed E-state index contributed by atoms with van der Waals surface area (Å²) >= 11 is 0. The molecule has 0 radical (unpaired) electrons. The lowest BCUT2D eigenvalue weighted by molar-refractivity contribution is -0.138. The number of nitrogens with zero attached hydrogens (tertiary/aromatic N) is 1. The molecule has 246 valence electrons. The molecule has 8 nitrogen and oxygen atoms in total. The van der Waals surface area contributed by atoms with Gasteiger partial charge in [0.2, 0.25) is 5.75 Å². The molecular formula is C38H47NO7. The maximum Gasteiger partial charge on any atom is 0.331 e.